The Balaban J connectivity index is 2.40. The van der Waals surface area contributed by atoms with Crippen molar-refractivity contribution in [2.24, 2.45) is 0 Å². The molecule has 1 aromatic rings. The van der Waals surface area contributed by atoms with Gasteiger partial charge in [0.2, 0.25) is 0 Å². The largest absolute Gasteiger partial charge is 0.416 e. The van der Waals surface area contributed by atoms with E-state index in [2.05, 4.69) is 0 Å². The molecule has 0 atom stereocenters. The van der Waals surface area contributed by atoms with Crippen molar-refractivity contribution in [3.8, 4) is 0 Å². The molecule has 0 N–H and O–H groups in total. The molecule has 0 radical (unpaired) electrons. The van der Waals surface area contributed by atoms with Crippen LogP contribution in [0, 0.1) is 5.82 Å². The summed E-state index contributed by atoms with van der Waals surface area (Å²) in [5, 5.41) is 0. The zero-order valence-electron chi connectivity index (χ0n) is 10.3. The molecule has 2 rings (SSSR count). The molecule has 0 fully saturated rings. The van der Waals surface area contributed by atoms with Gasteiger partial charge in [-0.1, -0.05) is 0 Å². The molecule has 18 heavy (non-hydrogen) atoms. The van der Waals surface area contributed by atoms with Gasteiger partial charge in [-0.3, -0.25) is 4.90 Å². The summed E-state index contributed by atoms with van der Waals surface area (Å²) in [5.41, 5.74) is -0.00784. The van der Waals surface area contributed by atoms with Crippen molar-refractivity contribution in [2.45, 2.75) is 39.0 Å². The summed E-state index contributed by atoms with van der Waals surface area (Å²) in [5.74, 6) is -0.733. The topological polar surface area (TPSA) is 3.24 Å². The van der Waals surface area contributed by atoms with E-state index in [4.69, 9.17) is 0 Å². The zero-order valence-corrected chi connectivity index (χ0v) is 10.3. The number of fused-ring (bicyclic) bond motifs is 1. The Morgan fingerprint density at radius 3 is 2.44 bits per heavy atom. The lowest BCUT2D eigenvalue weighted by molar-refractivity contribution is -0.137. The van der Waals surface area contributed by atoms with Crippen LogP contribution >= 0.6 is 0 Å². The third-order valence-corrected chi connectivity index (χ3v) is 3.37. The van der Waals surface area contributed by atoms with E-state index >= 15 is 0 Å². The highest BCUT2D eigenvalue weighted by molar-refractivity contribution is 5.36. The van der Waals surface area contributed by atoms with E-state index in [1.807, 2.05) is 18.7 Å². The first kappa shape index (κ1) is 13.3. The Hall–Kier alpha value is -1.10. The molecule has 1 heterocycles. The SMILES string of the molecule is CC(C)N1CCc2c(F)cc(C(F)(F)F)cc2C1. The number of halogens is 4. The molecule has 0 unspecified atom stereocenters. The molecule has 0 spiro atoms. The summed E-state index contributed by atoms with van der Waals surface area (Å²) in [4.78, 5) is 2.04. The van der Waals surface area contributed by atoms with Gasteiger partial charge in [0.1, 0.15) is 5.82 Å². The number of nitrogens with zero attached hydrogens (tertiary/aromatic N) is 1. The van der Waals surface area contributed by atoms with Crippen LogP contribution in [-0.4, -0.2) is 17.5 Å². The fraction of sp³-hybridized carbons (Fsp3) is 0.538. The second-order valence-electron chi connectivity index (χ2n) is 4.91. The van der Waals surface area contributed by atoms with E-state index in [-0.39, 0.29) is 6.04 Å². The smallest absolute Gasteiger partial charge is 0.296 e. The lowest BCUT2D eigenvalue weighted by Crippen LogP contribution is -2.36. The van der Waals surface area contributed by atoms with Crippen molar-refractivity contribution in [3.05, 3.63) is 34.6 Å². The molecule has 1 aliphatic heterocycles. The van der Waals surface area contributed by atoms with Crippen LogP contribution in [-0.2, 0) is 19.1 Å². The molecular weight excluding hydrogens is 246 g/mol. The molecule has 0 amide bonds. The van der Waals surface area contributed by atoms with Gasteiger partial charge in [0.25, 0.3) is 0 Å². The molecule has 0 aromatic heterocycles. The van der Waals surface area contributed by atoms with Gasteiger partial charge in [-0.15, -0.1) is 0 Å². The highest BCUT2D eigenvalue weighted by atomic mass is 19.4. The van der Waals surface area contributed by atoms with Gasteiger partial charge in [-0.05, 0) is 43.5 Å². The van der Waals surface area contributed by atoms with Gasteiger partial charge in [0.15, 0.2) is 0 Å². The predicted molar refractivity (Wildman–Crippen MR) is 60.7 cm³/mol. The maximum Gasteiger partial charge on any atom is 0.416 e. The van der Waals surface area contributed by atoms with E-state index in [1.54, 1.807) is 0 Å². The second-order valence-corrected chi connectivity index (χ2v) is 4.91. The van der Waals surface area contributed by atoms with Crippen molar-refractivity contribution in [1.29, 1.82) is 0 Å². The number of hydrogen-bond donors (Lipinski definition) is 0. The van der Waals surface area contributed by atoms with E-state index < -0.39 is 17.6 Å². The summed E-state index contributed by atoms with van der Waals surface area (Å²) >= 11 is 0. The molecule has 1 nitrogen and oxygen atoms in total. The first-order valence-corrected chi connectivity index (χ1v) is 5.91. The average molecular weight is 261 g/mol. The normalized spacial score (nSPS) is 17.1. The van der Waals surface area contributed by atoms with Crippen LogP contribution in [0.15, 0.2) is 12.1 Å². The Bertz CT molecular complexity index is 451. The van der Waals surface area contributed by atoms with Crippen LogP contribution in [0.4, 0.5) is 17.6 Å². The number of benzene rings is 1. The summed E-state index contributed by atoms with van der Waals surface area (Å²) in [6.45, 7) is 5.03. The summed E-state index contributed by atoms with van der Waals surface area (Å²) in [6.07, 6.45) is -4.02. The van der Waals surface area contributed by atoms with E-state index in [9.17, 15) is 17.6 Å². The minimum Gasteiger partial charge on any atom is -0.296 e. The van der Waals surface area contributed by atoms with Crippen molar-refractivity contribution in [3.63, 3.8) is 0 Å². The molecule has 0 bridgehead atoms. The highest BCUT2D eigenvalue weighted by Gasteiger charge is 2.33. The number of alkyl halides is 3. The maximum absolute atomic E-state index is 13.7. The monoisotopic (exact) mass is 261 g/mol. The molecular formula is C13H15F4N. The highest BCUT2D eigenvalue weighted by Crippen LogP contribution is 2.33. The minimum atomic E-state index is -4.49. The average Bonchev–Trinajstić information content (AvgIpc) is 2.26. The van der Waals surface area contributed by atoms with Crippen LogP contribution in [0.1, 0.15) is 30.5 Å². The zero-order chi connectivity index (χ0) is 13.5. The third-order valence-electron chi connectivity index (χ3n) is 3.37. The van der Waals surface area contributed by atoms with Gasteiger partial charge in [-0.2, -0.15) is 13.2 Å². The quantitative estimate of drug-likeness (QED) is 0.698. The molecule has 1 aliphatic rings. The Kier molecular flexibility index (Phi) is 3.36. The van der Waals surface area contributed by atoms with Crippen molar-refractivity contribution >= 4 is 0 Å². The fourth-order valence-corrected chi connectivity index (χ4v) is 2.27. The van der Waals surface area contributed by atoms with Crippen LogP contribution in [0.5, 0.6) is 0 Å². The van der Waals surface area contributed by atoms with Crippen LogP contribution in [0.25, 0.3) is 0 Å². The van der Waals surface area contributed by atoms with E-state index in [0.717, 1.165) is 6.07 Å². The summed E-state index contributed by atoms with van der Waals surface area (Å²) < 4.78 is 51.5. The van der Waals surface area contributed by atoms with Crippen LogP contribution in [0.2, 0.25) is 0 Å². The van der Waals surface area contributed by atoms with Gasteiger partial charge >= 0.3 is 6.18 Å². The van der Waals surface area contributed by atoms with E-state index in [0.29, 0.717) is 36.7 Å². The van der Waals surface area contributed by atoms with Crippen molar-refractivity contribution in [2.75, 3.05) is 6.54 Å². The third kappa shape index (κ3) is 2.51. The number of rotatable bonds is 1. The Labute approximate surface area is 103 Å². The molecule has 0 saturated carbocycles. The van der Waals surface area contributed by atoms with Gasteiger partial charge in [0, 0.05) is 19.1 Å². The van der Waals surface area contributed by atoms with E-state index in [1.165, 1.54) is 0 Å². The maximum atomic E-state index is 13.7. The number of hydrogen-bond acceptors (Lipinski definition) is 1. The lowest BCUT2D eigenvalue weighted by Gasteiger charge is -2.32. The first-order chi connectivity index (χ1) is 8.29. The standard InChI is InChI=1S/C13H15F4N/c1-8(2)18-4-3-11-9(7-18)5-10(6-12(11)14)13(15,16)17/h5-6,8H,3-4,7H2,1-2H3. The molecule has 5 heteroatoms. The second kappa shape index (κ2) is 4.53. The predicted octanol–water partition coefficient (Wildman–Crippen LogP) is 3.61. The Morgan fingerprint density at radius 2 is 1.89 bits per heavy atom. The van der Waals surface area contributed by atoms with Crippen LogP contribution < -0.4 is 0 Å². The fourth-order valence-electron chi connectivity index (χ4n) is 2.27. The molecule has 100 valence electrons. The van der Waals surface area contributed by atoms with Gasteiger partial charge in [0.05, 0.1) is 5.56 Å². The summed E-state index contributed by atoms with van der Waals surface area (Å²) in [6, 6.07) is 1.92. The lowest BCUT2D eigenvalue weighted by atomic mass is 9.95. The molecule has 0 aliphatic carbocycles. The first-order valence-electron chi connectivity index (χ1n) is 5.91. The van der Waals surface area contributed by atoms with Crippen molar-refractivity contribution in [1.82, 2.24) is 4.90 Å². The molecule has 1 aromatic carbocycles. The molecule has 0 saturated heterocycles. The summed E-state index contributed by atoms with van der Waals surface area (Å²) in [7, 11) is 0. The van der Waals surface area contributed by atoms with Crippen LogP contribution in [0.3, 0.4) is 0 Å². The minimum absolute atomic E-state index is 0.246. The van der Waals surface area contributed by atoms with Gasteiger partial charge in [-0.25, -0.2) is 4.39 Å². The Morgan fingerprint density at radius 1 is 1.22 bits per heavy atom. The van der Waals surface area contributed by atoms with Gasteiger partial charge < -0.3 is 0 Å². The van der Waals surface area contributed by atoms with Crippen molar-refractivity contribution < 1.29 is 17.6 Å².